The van der Waals surface area contributed by atoms with E-state index >= 15 is 0 Å². The van der Waals surface area contributed by atoms with E-state index in [4.69, 9.17) is 0 Å². The highest BCUT2D eigenvalue weighted by atomic mass is 14.2. The minimum atomic E-state index is 1.05. The van der Waals surface area contributed by atoms with Crippen molar-refractivity contribution >= 4 is 32.3 Å². The number of rotatable bonds is 4. The SMILES string of the molecule is CCc1ccc(-c2c3ccccc3c(-c3ccc4cccc(-c5ccccc5)c4c3)c3ccccc23)cc1. The molecule has 0 unspecified atom stereocenters. The molecule has 7 rings (SSSR count). The van der Waals surface area contributed by atoms with Gasteiger partial charge in [-0.05, 0) is 83.7 Å². The molecule has 7 aromatic carbocycles. The van der Waals surface area contributed by atoms with Gasteiger partial charge in [0, 0.05) is 0 Å². The maximum Gasteiger partial charge on any atom is -0.00261 e. The largest absolute Gasteiger partial charge is 0.0622 e. The molecule has 0 atom stereocenters. The molecule has 0 aliphatic rings. The zero-order chi connectivity index (χ0) is 25.5. The van der Waals surface area contributed by atoms with Crippen molar-refractivity contribution in [2.24, 2.45) is 0 Å². The van der Waals surface area contributed by atoms with E-state index in [2.05, 4.69) is 146 Å². The van der Waals surface area contributed by atoms with Gasteiger partial charge in [0.05, 0.1) is 0 Å². The van der Waals surface area contributed by atoms with Crippen molar-refractivity contribution in [3.05, 3.63) is 145 Å². The molecule has 7 aromatic rings. The number of benzene rings is 7. The number of aryl methyl sites for hydroxylation is 1. The van der Waals surface area contributed by atoms with Crippen LogP contribution in [-0.4, -0.2) is 0 Å². The molecule has 0 radical (unpaired) electrons. The van der Waals surface area contributed by atoms with Crippen LogP contribution in [0.5, 0.6) is 0 Å². The van der Waals surface area contributed by atoms with Crippen molar-refractivity contribution in [2.45, 2.75) is 13.3 Å². The fraction of sp³-hybridized carbons (Fsp3) is 0.0526. The Labute approximate surface area is 223 Å². The fourth-order valence-electron chi connectivity index (χ4n) is 5.96. The van der Waals surface area contributed by atoms with E-state index < -0.39 is 0 Å². The Morgan fingerprint density at radius 1 is 0.395 bits per heavy atom. The van der Waals surface area contributed by atoms with Crippen molar-refractivity contribution in [3.63, 3.8) is 0 Å². The van der Waals surface area contributed by atoms with Crippen LogP contribution in [0.4, 0.5) is 0 Å². The van der Waals surface area contributed by atoms with E-state index in [1.54, 1.807) is 0 Å². The van der Waals surface area contributed by atoms with Crippen molar-refractivity contribution in [2.75, 3.05) is 0 Å². The van der Waals surface area contributed by atoms with Gasteiger partial charge in [0.15, 0.2) is 0 Å². The first kappa shape index (κ1) is 22.5. The molecule has 0 nitrogen and oxygen atoms in total. The number of hydrogen-bond donors (Lipinski definition) is 0. The standard InChI is InChI=1S/C38H28/c1-2-26-19-21-29(22-20-26)37-32-14-6-8-16-34(32)38(35-17-9-7-15-33(35)37)30-24-23-28-13-10-18-31(36(28)25-30)27-11-4-3-5-12-27/h3-25H,2H2,1H3. The summed E-state index contributed by atoms with van der Waals surface area (Å²) in [4.78, 5) is 0. The first-order chi connectivity index (χ1) is 18.8. The maximum absolute atomic E-state index is 2.39. The van der Waals surface area contributed by atoms with E-state index in [9.17, 15) is 0 Å². The average Bonchev–Trinajstić information content (AvgIpc) is 3.00. The van der Waals surface area contributed by atoms with Crippen molar-refractivity contribution in [3.8, 4) is 33.4 Å². The molecule has 0 aliphatic heterocycles. The van der Waals surface area contributed by atoms with Gasteiger partial charge in [-0.3, -0.25) is 0 Å². The summed E-state index contributed by atoms with van der Waals surface area (Å²) in [5.41, 5.74) is 9.02. The normalized spacial score (nSPS) is 11.4. The summed E-state index contributed by atoms with van der Waals surface area (Å²) in [5, 5.41) is 7.71. The van der Waals surface area contributed by atoms with E-state index in [-0.39, 0.29) is 0 Å². The first-order valence-electron chi connectivity index (χ1n) is 13.4. The lowest BCUT2D eigenvalue weighted by molar-refractivity contribution is 1.14. The van der Waals surface area contributed by atoms with Gasteiger partial charge in [0.2, 0.25) is 0 Å². The molecule has 0 N–H and O–H groups in total. The fourth-order valence-corrected chi connectivity index (χ4v) is 5.96. The summed E-state index contributed by atoms with van der Waals surface area (Å²) < 4.78 is 0. The predicted octanol–water partition coefficient (Wildman–Crippen LogP) is 10.7. The first-order valence-corrected chi connectivity index (χ1v) is 13.4. The molecular weight excluding hydrogens is 456 g/mol. The molecule has 0 aromatic heterocycles. The zero-order valence-corrected chi connectivity index (χ0v) is 21.5. The zero-order valence-electron chi connectivity index (χ0n) is 21.5. The van der Waals surface area contributed by atoms with Crippen LogP contribution in [0.1, 0.15) is 12.5 Å². The molecule has 0 spiro atoms. The Morgan fingerprint density at radius 3 is 1.55 bits per heavy atom. The molecule has 180 valence electrons. The summed E-state index contributed by atoms with van der Waals surface area (Å²) in [6.45, 7) is 2.21. The second-order valence-electron chi connectivity index (χ2n) is 10.00. The van der Waals surface area contributed by atoms with Crippen LogP contribution in [0.25, 0.3) is 65.7 Å². The van der Waals surface area contributed by atoms with E-state index in [0.717, 1.165) is 6.42 Å². The molecule has 0 aliphatic carbocycles. The van der Waals surface area contributed by atoms with Crippen molar-refractivity contribution in [1.29, 1.82) is 0 Å². The smallest absolute Gasteiger partial charge is 0.00261 e. The Bertz CT molecular complexity index is 1870. The number of fused-ring (bicyclic) bond motifs is 3. The van der Waals surface area contributed by atoms with E-state index in [0.29, 0.717) is 0 Å². The van der Waals surface area contributed by atoms with Crippen LogP contribution >= 0.6 is 0 Å². The van der Waals surface area contributed by atoms with Gasteiger partial charge in [0.25, 0.3) is 0 Å². The minimum Gasteiger partial charge on any atom is -0.0622 e. The Balaban J connectivity index is 1.55. The highest BCUT2D eigenvalue weighted by molar-refractivity contribution is 6.21. The molecule has 38 heavy (non-hydrogen) atoms. The van der Waals surface area contributed by atoms with Crippen LogP contribution < -0.4 is 0 Å². The third-order valence-electron chi connectivity index (χ3n) is 7.84. The van der Waals surface area contributed by atoms with Gasteiger partial charge < -0.3 is 0 Å². The number of hydrogen-bond acceptors (Lipinski definition) is 0. The summed E-state index contributed by atoms with van der Waals surface area (Å²) in [6.07, 6.45) is 1.05. The Morgan fingerprint density at radius 2 is 0.947 bits per heavy atom. The van der Waals surface area contributed by atoms with Gasteiger partial charge >= 0.3 is 0 Å². The van der Waals surface area contributed by atoms with Crippen molar-refractivity contribution < 1.29 is 0 Å². The van der Waals surface area contributed by atoms with Gasteiger partial charge in [-0.25, -0.2) is 0 Å². The summed E-state index contributed by atoms with van der Waals surface area (Å²) in [5.74, 6) is 0. The summed E-state index contributed by atoms with van der Waals surface area (Å²) >= 11 is 0. The van der Waals surface area contributed by atoms with Crippen LogP contribution in [0, 0.1) is 0 Å². The Kier molecular flexibility index (Phi) is 5.52. The third-order valence-corrected chi connectivity index (χ3v) is 7.84. The van der Waals surface area contributed by atoms with Crippen LogP contribution in [0.15, 0.2) is 140 Å². The lowest BCUT2D eigenvalue weighted by atomic mass is 9.85. The topological polar surface area (TPSA) is 0 Å². The minimum absolute atomic E-state index is 1.05. The molecule has 0 heterocycles. The molecule has 0 fully saturated rings. The lowest BCUT2D eigenvalue weighted by Gasteiger charge is -2.18. The van der Waals surface area contributed by atoms with Crippen LogP contribution in [-0.2, 0) is 6.42 Å². The quantitative estimate of drug-likeness (QED) is 0.218. The second-order valence-corrected chi connectivity index (χ2v) is 10.00. The predicted molar refractivity (Wildman–Crippen MR) is 165 cm³/mol. The maximum atomic E-state index is 2.39. The van der Waals surface area contributed by atoms with Crippen LogP contribution in [0.2, 0.25) is 0 Å². The molecule has 0 bridgehead atoms. The third kappa shape index (κ3) is 3.69. The molecule has 0 saturated carbocycles. The molecule has 0 heteroatoms. The molecular formula is C38H28. The monoisotopic (exact) mass is 484 g/mol. The summed E-state index contributed by atoms with van der Waals surface area (Å²) in [7, 11) is 0. The van der Waals surface area contributed by atoms with Crippen molar-refractivity contribution in [1.82, 2.24) is 0 Å². The van der Waals surface area contributed by atoms with Gasteiger partial charge in [-0.15, -0.1) is 0 Å². The lowest BCUT2D eigenvalue weighted by Crippen LogP contribution is -1.91. The highest BCUT2D eigenvalue weighted by Gasteiger charge is 2.17. The molecule has 0 saturated heterocycles. The summed E-state index contributed by atoms with van der Waals surface area (Å²) in [6, 6.07) is 51.2. The second kappa shape index (κ2) is 9.32. The van der Waals surface area contributed by atoms with Gasteiger partial charge in [0.1, 0.15) is 0 Å². The molecule has 0 amide bonds. The van der Waals surface area contributed by atoms with Gasteiger partial charge in [-0.2, -0.15) is 0 Å². The van der Waals surface area contributed by atoms with Crippen LogP contribution in [0.3, 0.4) is 0 Å². The highest BCUT2D eigenvalue weighted by Crippen LogP contribution is 2.44. The average molecular weight is 485 g/mol. The van der Waals surface area contributed by atoms with E-state index in [1.807, 2.05) is 0 Å². The van der Waals surface area contributed by atoms with Gasteiger partial charge in [-0.1, -0.05) is 140 Å². The Hall–Kier alpha value is -4.68. The van der Waals surface area contributed by atoms with E-state index in [1.165, 1.54) is 71.3 Å².